The van der Waals surface area contributed by atoms with Crippen LogP contribution < -0.4 is 4.74 Å². The van der Waals surface area contributed by atoms with Crippen LogP contribution in [-0.4, -0.2) is 16.1 Å². The maximum Gasteiger partial charge on any atom is 0.311 e. The van der Waals surface area contributed by atoms with Crippen molar-refractivity contribution in [2.75, 3.05) is 0 Å². The van der Waals surface area contributed by atoms with E-state index in [1.807, 2.05) is 0 Å². The number of halogens is 3. The standard InChI is InChI=1S/C18H13BrClFN2O3/c19-14-10-12(20)6-9-15(14)25-17(24)3-1-2-16-22-18(23-26-16)11-4-7-13(21)8-5-11/h4-10H,1-3H2. The van der Waals surface area contributed by atoms with E-state index in [1.165, 1.54) is 12.1 Å². The lowest BCUT2D eigenvalue weighted by molar-refractivity contribution is -0.134. The summed E-state index contributed by atoms with van der Waals surface area (Å²) < 4.78 is 24.0. The largest absolute Gasteiger partial charge is 0.425 e. The summed E-state index contributed by atoms with van der Waals surface area (Å²) in [6.45, 7) is 0. The first-order valence-electron chi connectivity index (χ1n) is 7.75. The SMILES string of the molecule is O=C(CCCc1nc(-c2ccc(F)cc2)no1)Oc1ccc(Cl)cc1Br. The van der Waals surface area contributed by atoms with Crippen molar-refractivity contribution in [3.05, 3.63) is 63.7 Å². The fraction of sp³-hybridized carbons (Fsp3) is 0.167. The van der Waals surface area contributed by atoms with Crippen LogP contribution in [0.1, 0.15) is 18.7 Å². The zero-order chi connectivity index (χ0) is 18.5. The summed E-state index contributed by atoms with van der Waals surface area (Å²) in [5.41, 5.74) is 0.661. The molecule has 0 amide bonds. The summed E-state index contributed by atoms with van der Waals surface area (Å²) in [5.74, 6) is 0.503. The van der Waals surface area contributed by atoms with Gasteiger partial charge in [0.25, 0.3) is 0 Å². The molecular formula is C18H13BrClFN2O3. The fourth-order valence-electron chi connectivity index (χ4n) is 2.19. The number of hydrogen-bond donors (Lipinski definition) is 0. The van der Waals surface area contributed by atoms with E-state index in [9.17, 15) is 9.18 Å². The molecule has 0 unspecified atom stereocenters. The second kappa shape index (κ2) is 8.42. The number of carbonyl (C=O) groups is 1. The second-order valence-corrected chi connectivity index (χ2v) is 6.71. The molecule has 0 bridgehead atoms. The molecule has 0 aliphatic heterocycles. The lowest BCUT2D eigenvalue weighted by Gasteiger charge is -2.06. The molecule has 8 heteroatoms. The van der Waals surface area contributed by atoms with Gasteiger partial charge in [-0.2, -0.15) is 4.98 Å². The van der Waals surface area contributed by atoms with Crippen molar-refractivity contribution >= 4 is 33.5 Å². The van der Waals surface area contributed by atoms with Gasteiger partial charge in [0.05, 0.1) is 4.47 Å². The number of aromatic nitrogens is 2. The number of ether oxygens (including phenoxy) is 1. The fourth-order valence-corrected chi connectivity index (χ4v) is 2.95. The van der Waals surface area contributed by atoms with E-state index in [1.54, 1.807) is 30.3 Å². The molecule has 0 atom stereocenters. The van der Waals surface area contributed by atoms with Gasteiger partial charge in [0, 0.05) is 23.4 Å². The van der Waals surface area contributed by atoms with Crippen molar-refractivity contribution in [3.63, 3.8) is 0 Å². The predicted molar refractivity (Wildman–Crippen MR) is 97.4 cm³/mol. The highest BCUT2D eigenvalue weighted by molar-refractivity contribution is 9.10. The van der Waals surface area contributed by atoms with Crippen molar-refractivity contribution in [1.82, 2.24) is 10.1 Å². The molecule has 0 saturated heterocycles. The van der Waals surface area contributed by atoms with E-state index in [2.05, 4.69) is 26.1 Å². The van der Waals surface area contributed by atoms with Crippen LogP contribution >= 0.6 is 27.5 Å². The number of benzene rings is 2. The Morgan fingerprint density at radius 1 is 1.23 bits per heavy atom. The lowest BCUT2D eigenvalue weighted by Crippen LogP contribution is -2.08. The van der Waals surface area contributed by atoms with Gasteiger partial charge in [-0.1, -0.05) is 16.8 Å². The van der Waals surface area contributed by atoms with Gasteiger partial charge in [0.2, 0.25) is 11.7 Å². The van der Waals surface area contributed by atoms with Gasteiger partial charge in [-0.25, -0.2) is 4.39 Å². The first kappa shape index (κ1) is 18.5. The monoisotopic (exact) mass is 438 g/mol. The maximum absolute atomic E-state index is 12.9. The number of aryl methyl sites for hydroxylation is 1. The van der Waals surface area contributed by atoms with Gasteiger partial charge in [0.1, 0.15) is 11.6 Å². The van der Waals surface area contributed by atoms with Crippen LogP contribution in [0, 0.1) is 5.82 Å². The van der Waals surface area contributed by atoms with Crippen LogP contribution in [-0.2, 0) is 11.2 Å². The van der Waals surface area contributed by atoms with E-state index < -0.39 is 0 Å². The van der Waals surface area contributed by atoms with E-state index >= 15 is 0 Å². The third-order valence-electron chi connectivity index (χ3n) is 3.46. The van der Waals surface area contributed by atoms with Gasteiger partial charge in [-0.05, 0) is 64.8 Å². The Hall–Kier alpha value is -2.25. The van der Waals surface area contributed by atoms with Crippen molar-refractivity contribution < 1.29 is 18.4 Å². The van der Waals surface area contributed by atoms with Crippen molar-refractivity contribution in [1.29, 1.82) is 0 Å². The topological polar surface area (TPSA) is 65.2 Å². The summed E-state index contributed by atoms with van der Waals surface area (Å²) in [5, 5.41) is 4.40. The van der Waals surface area contributed by atoms with Gasteiger partial charge in [0.15, 0.2) is 0 Å². The average molecular weight is 440 g/mol. The molecule has 0 saturated carbocycles. The highest BCUT2D eigenvalue weighted by atomic mass is 79.9. The Labute approximate surface area is 162 Å². The Bertz CT molecular complexity index is 915. The highest BCUT2D eigenvalue weighted by Crippen LogP contribution is 2.28. The third kappa shape index (κ3) is 4.89. The molecule has 3 rings (SSSR count). The second-order valence-electron chi connectivity index (χ2n) is 5.42. The van der Waals surface area contributed by atoms with Gasteiger partial charge >= 0.3 is 5.97 Å². The summed E-state index contributed by atoms with van der Waals surface area (Å²) in [6.07, 6.45) is 1.13. The molecule has 134 valence electrons. The van der Waals surface area contributed by atoms with E-state index in [0.29, 0.717) is 45.4 Å². The van der Waals surface area contributed by atoms with Crippen LogP contribution in [0.5, 0.6) is 5.75 Å². The Morgan fingerprint density at radius 2 is 2.00 bits per heavy atom. The zero-order valence-corrected chi connectivity index (χ0v) is 15.8. The Balaban J connectivity index is 1.50. The zero-order valence-electron chi connectivity index (χ0n) is 13.4. The van der Waals surface area contributed by atoms with E-state index in [4.69, 9.17) is 20.9 Å². The summed E-state index contributed by atoms with van der Waals surface area (Å²) in [4.78, 5) is 16.2. The smallest absolute Gasteiger partial charge is 0.311 e. The van der Waals surface area contributed by atoms with Crippen LogP contribution in [0.15, 0.2) is 51.5 Å². The molecule has 5 nitrogen and oxygen atoms in total. The molecule has 2 aromatic carbocycles. The number of rotatable bonds is 6. The minimum atomic E-state index is -0.369. The van der Waals surface area contributed by atoms with Crippen LogP contribution in [0.4, 0.5) is 4.39 Å². The van der Waals surface area contributed by atoms with Crippen LogP contribution in [0.2, 0.25) is 5.02 Å². The van der Waals surface area contributed by atoms with Gasteiger partial charge < -0.3 is 9.26 Å². The molecular weight excluding hydrogens is 427 g/mol. The predicted octanol–water partition coefficient (Wildman–Crippen LogP) is 5.22. The molecule has 0 spiro atoms. The number of carbonyl (C=O) groups excluding carboxylic acids is 1. The normalized spacial score (nSPS) is 10.7. The van der Waals surface area contributed by atoms with E-state index in [0.717, 1.165) is 0 Å². The molecule has 0 aliphatic rings. The molecule has 3 aromatic rings. The maximum atomic E-state index is 12.9. The van der Waals surface area contributed by atoms with Gasteiger partial charge in [-0.3, -0.25) is 4.79 Å². The highest BCUT2D eigenvalue weighted by Gasteiger charge is 2.12. The molecule has 1 heterocycles. The minimum absolute atomic E-state index is 0.198. The minimum Gasteiger partial charge on any atom is -0.425 e. The molecule has 0 radical (unpaired) electrons. The summed E-state index contributed by atoms with van der Waals surface area (Å²) in [6, 6.07) is 10.7. The summed E-state index contributed by atoms with van der Waals surface area (Å²) in [7, 11) is 0. The lowest BCUT2D eigenvalue weighted by atomic mass is 10.2. The quantitative estimate of drug-likeness (QED) is 0.389. The number of hydrogen-bond acceptors (Lipinski definition) is 5. The van der Waals surface area contributed by atoms with Crippen LogP contribution in [0.3, 0.4) is 0 Å². The van der Waals surface area contributed by atoms with Crippen molar-refractivity contribution in [2.45, 2.75) is 19.3 Å². The number of nitrogens with zero attached hydrogens (tertiary/aromatic N) is 2. The summed E-state index contributed by atoms with van der Waals surface area (Å²) >= 11 is 9.14. The van der Waals surface area contributed by atoms with Crippen LogP contribution in [0.25, 0.3) is 11.4 Å². The molecule has 0 aliphatic carbocycles. The van der Waals surface area contributed by atoms with E-state index in [-0.39, 0.29) is 18.2 Å². The number of esters is 1. The first-order chi connectivity index (χ1) is 12.5. The molecule has 26 heavy (non-hydrogen) atoms. The van der Waals surface area contributed by atoms with Gasteiger partial charge in [-0.15, -0.1) is 0 Å². The van der Waals surface area contributed by atoms with Crippen molar-refractivity contribution in [2.24, 2.45) is 0 Å². The Morgan fingerprint density at radius 3 is 2.73 bits per heavy atom. The third-order valence-corrected chi connectivity index (χ3v) is 4.31. The molecule has 1 aromatic heterocycles. The Kier molecular flexibility index (Phi) is 6.00. The first-order valence-corrected chi connectivity index (χ1v) is 8.92. The van der Waals surface area contributed by atoms with Crippen molar-refractivity contribution in [3.8, 4) is 17.1 Å². The average Bonchev–Trinajstić information content (AvgIpc) is 3.07. The molecule has 0 fully saturated rings. The molecule has 0 N–H and O–H groups in total.